The highest BCUT2D eigenvalue weighted by molar-refractivity contribution is 9.10. The molecule has 106 valence electrons. The molecule has 2 aliphatic rings. The number of nitrogens with zero attached hydrogens (tertiary/aromatic N) is 1. The third-order valence-electron chi connectivity index (χ3n) is 4.08. The van der Waals surface area contributed by atoms with Gasteiger partial charge in [0.2, 0.25) is 5.91 Å². The van der Waals surface area contributed by atoms with Gasteiger partial charge in [0.15, 0.2) is 0 Å². The van der Waals surface area contributed by atoms with Crippen LogP contribution in [0.3, 0.4) is 0 Å². The molecule has 5 heteroatoms. The zero-order valence-corrected chi connectivity index (χ0v) is 12.7. The molecular formula is C15H17BrN2O2. The van der Waals surface area contributed by atoms with Crippen molar-refractivity contribution in [3.8, 4) is 0 Å². The topological polar surface area (TPSA) is 49.4 Å². The number of carbonyl (C=O) groups excluding carboxylic acids is 2. The Bertz CT molecular complexity index is 540. The highest BCUT2D eigenvalue weighted by atomic mass is 79.9. The summed E-state index contributed by atoms with van der Waals surface area (Å²) in [5.74, 6) is -0.107. The molecule has 2 fully saturated rings. The van der Waals surface area contributed by atoms with Crippen LogP contribution in [0.5, 0.6) is 0 Å². The second-order valence-corrected chi connectivity index (χ2v) is 6.28. The molecule has 1 aliphatic carbocycles. The molecule has 1 saturated carbocycles. The summed E-state index contributed by atoms with van der Waals surface area (Å²) in [6.45, 7) is 0. The molecule has 1 heterocycles. The molecule has 2 amide bonds. The molecule has 0 radical (unpaired) electrons. The van der Waals surface area contributed by atoms with Gasteiger partial charge in [-0.25, -0.2) is 0 Å². The molecule has 3 rings (SSSR count). The number of anilines is 1. The van der Waals surface area contributed by atoms with E-state index in [2.05, 4.69) is 21.2 Å². The van der Waals surface area contributed by atoms with Crippen molar-refractivity contribution in [3.63, 3.8) is 0 Å². The Labute approximate surface area is 126 Å². The Hall–Kier alpha value is -1.36. The number of carbonyl (C=O) groups is 2. The highest BCUT2D eigenvalue weighted by Gasteiger charge is 2.43. The first kappa shape index (κ1) is 13.6. The zero-order chi connectivity index (χ0) is 14.1. The monoisotopic (exact) mass is 336 g/mol. The summed E-state index contributed by atoms with van der Waals surface area (Å²) in [6.07, 6.45) is 4.41. The maximum atomic E-state index is 12.4. The second-order valence-electron chi connectivity index (χ2n) is 5.42. The van der Waals surface area contributed by atoms with Crippen LogP contribution in [-0.2, 0) is 9.59 Å². The van der Waals surface area contributed by atoms with Crippen LogP contribution in [0.1, 0.15) is 32.1 Å². The van der Waals surface area contributed by atoms with Gasteiger partial charge in [0, 0.05) is 16.2 Å². The number of halogens is 1. The average molecular weight is 337 g/mol. The first-order chi connectivity index (χ1) is 9.66. The lowest BCUT2D eigenvalue weighted by atomic mass is 10.2. The lowest BCUT2D eigenvalue weighted by molar-refractivity contribution is -0.141. The van der Waals surface area contributed by atoms with Crippen molar-refractivity contribution in [2.24, 2.45) is 0 Å². The van der Waals surface area contributed by atoms with Crippen LogP contribution in [0.2, 0.25) is 0 Å². The Morgan fingerprint density at radius 1 is 1.15 bits per heavy atom. The van der Waals surface area contributed by atoms with Crippen molar-refractivity contribution in [1.29, 1.82) is 0 Å². The summed E-state index contributed by atoms with van der Waals surface area (Å²) in [7, 11) is 0. The summed E-state index contributed by atoms with van der Waals surface area (Å²) >= 11 is 3.45. The van der Waals surface area contributed by atoms with Crippen LogP contribution in [0.4, 0.5) is 5.69 Å². The van der Waals surface area contributed by atoms with E-state index in [4.69, 9.17) is 0 Å². The van der Waals surface area contributed by atoms with E-state index in [0.717, 1.165) is 35.8 Å². The third-order valence-corrected chi connectivity index (χ3v) is 4.77. The van der Waals surface area contributed by atoms with Crippen LogP contribution in [0.15, 0.2) is 28.7 Å². The van der Waals surface area contributed by atoms with Crippen LogP contribution >= 0.6 is 15.9 Å². The van der Waals surface area contributed by atoms with Crippen molar-refractivity contribution in [2.45, 2.75) is 44.2 Å². The SMILES string of the molecule is O=C1CC(Nc2ccccc2Br)C(=O)N1C1CCCC1. The Balaban J connectivity index is 1.74. The fourth-order valence-corrected chi connectivity index (χ4v) is 3.48. The van der Waals surface area contributed by atoms with Gasteiger partial charge in [-0.05, 0) is 40.9 Å². The lowest BCUT2D eigenvalue weighted by Crippen LogP contribution is -2.41. The lowest BCUT2D eigenvalue weighted by Gasteiger charge is -2.22. The molecule has 4 nitrogen and oxygen atoms in total. The summed E-state index contributed by atoms with van der Waals surface area (Å²) in [6, 6.07) is 7.34. The maximum Gasteiger partial charge on any atom is 0.252 e. The minimum atomic E-state index is -0.429. The number of para-hydroxylation sites is 1. The summed E-state index contributed by atoms with van der Waals surface area (Å²) in [4.78, 5) is 26.1. The molecule has 1 saturated heterocycles. The minimum absolute atomic E-state index is 0.0357. The number of rotatable bonds is 3. The Kier molecular flexibility index (Phi) is 3.78. The number of hydrogen-bond acceptors (Lipinski definition) is 3. The smallest absolute Gasteiger partial charge is 0.252 e. The van der Waals surface area contributed by atoms with Crippen molar-refractivity contribution in [2.75, 3.05) is 5.32 Å². The van der Waals surface area contributed by atoms with E-state index in [1.165, 1.54) is 4.90 Å². The van der Waals surface area contributed by atoms with E-state index in [1.807, 2.05) is 24.3 Å². The Morgan fingerprint density at radius 3 is 2.55 bits per heavy atom. The normalized spacial score (nSPS) is 23.6. The van der Waals surface area contributed by atoms with E-state index in [9.17, 15) is 9.59 Å². The summed E-state index contributed by atoms with van der Waals surface area (Å²) < 4.78 is 0.902. The third kappa shape index (κ3) is 2.46. The molecule has 0 bridgehead atoms. The zero-order valence-electron chi connectivity index (χ0n) is 11.1. The quantitative estimate of drug-likeness (QED) is 0.863. The molecular weight excluding hydrogens is 320 g/mol. The predicted molar refractivity (Wildman–Crippen MR) is 80.3 cm³/mol. The molecule has 20 heavy (non-hydrogen) atoms. The van der Waals surface area contributed by atoms with Gasteiger partial charge in [0.25, 0.3) is 5.91 Å². The van der Waals surface area contributed by atoms with Gasteiger partial charge < -0.3 is 5.32 Å². The maximum absolute atomic E-state index is 12.4. The first-order valence-electron chi connectivity index (χ1n) is 7.04. The van der Waals surface area contributed by atoms with Gasteiger partial charge in [0.1, 0.15) is 6.04 Å². The van der Waals surface area contributed by atoms with Gasteiger partial charge in [0.05, 0.1) is 6.42 Å². The Morgan fingerprint density at radius 2 is 1.85 bits per heavy atom. The molecule has 1 N–H and O–H groups in total. The fraction of sp³-hybridized carbons (Fsp3) is 0.467. The van der Waals surface area contributed by atoms with Crippen LogP contribution in [0.25, 0.3) is 0 Å². The number of likely N-dealkylation sites (tertiary alicyclic amines) is 1. The van der Waals surface area contributed by atoms with E-state index in [-0.39, 0.29) is 24.3 Å². The molecule has 0 aromatic heterocycles. The van der Waals surface area contributed by atoms with Crippen molar-refractivity contribution in [3.05, 3.63) is 28.7 Å². The van der Waals surface area contributed by atoms with E-state index < -0.39 is 6.04 Å². The van der Waals surface area contributed by atoms with Crippen LogP contribution < -0.4 is 5.32 Å². The van der Waals surface area contributed by atoms with E-state index >= 15 is 0 Å². The molecule has 0 spiro atoms. The van der Waals surface area contributed by atoms with Crippen molar-refractivity contribution >= 4 is 33.4 Å². The molecule has 1 atom stereocenters. The number of imide groups is 1. The summed E-state index contributed by atoms with van der Waals surface area (Å²) in [5, 5.41) is 3.18. The van der Waals surface area contributed by atoms with Crippen molar-refractivity contribution in [1.82, 2.24) is 4.90 Å². The van der Waals surface area contributed by atoms with Gasteiger partial charge >= 0.3 is 0 Å². The van der Waals surface area contributed by atoms with Gasteiger partial charge in [-0.2, -0.15) is 0 Å². The minimum Gasteiger partial charge on any atom is -0.372 e. The second kappa shape index (κ2) is 5.56. The van der Waals surface area contributed by atoms with Crippen LogP contribution in [0, 0.1) is 0 Å². The summed E-state index contributed by atoms with van der Waals surface area (Å²) in [5.41, 5.74) is 0.854. The number of benzene rings is 1. The standard InChI is InChI=1S/C15H17BrN2O2/c16-11-7-3-4-8-12(11)17-13-9-14(19)18(15(13)20)10-5-1-2-6-10/h3-4,7-8,10,13,17H,1-2,5-6,9H2. The van der Waals surface area contributed by atoms with Gasteiger partial charge in [-0.3, -0.25) is 14.5 Å². The average Bonchev–Trinajstić information content (AvgIpc) is 3.02. The number of amides is 2. The highest BCUT2D eigenvalue weighted by Crippen LogP contribution is 2.30. The predicted octanol–water partition coefficient (Wildman–Crippen LogP) is 2.93. The molecule has 1 unspecified atom stereocenters. The fourth-order valence-electron chi connectivity index (χ4n) is 3.08. The van der Waals surface area contributed by atoms with Gasteiger partial charge in [-0.15, -0.1) is 0 Å². The molecule has 1 aromatic carbocycles. The van der Waals surface area contributed by atoms with Gasteiger partial charge in [-0.1, -0.05) is 25.0 Å². The largest absolute Gasteiger partial charge is 0.372 e. The number of nitrogens with one attached hydrogen (secondary N) is 1. The number of hydrogen-bond donors (Lipinski definition) is 1. The molecule has 1 aromatic rings. The first-order valence-corrected chi connectivity index (χ1v) is 7.83. The van der Waals surface area contributed by atoms with Crippen LogP contribution in [-0.4, -0.2) is 28.8 Å². The van der Waals surface area contributed by atoms with Crippen molar-refractivity contribution < 1.29 is 9.59 Å². The van der Waals surface area contributed by atoms with E-state index in [0.29, 0.717) is 0 Å². The molecule has 1 aliphatic heterocycles. The van der Waals surface area contributed by atoms with E-state index in [1.54, 1.807) is 0 Å².